The van der Waals surface area contributed by atoms with E-state index in [2.05, 4.69) is 6.92 Å². The number of carbonyl (C=O) groups excluding carboxylic acids is 6. The summed E-state index contributed by atoms with van der Waals surface area (Å²) in [5, 5.41) is 1.97. The summed E-state index contributed by atoms with van der Waals surface area (Å²) in [5.41, 5.74) is 5.29. The topological polar surface area (TPSA) is 158 Å². The van der Waals surface area contributed by atoms with Crippen LogP contribution in [0.4, 0.5) is 0 Å². The fraction of sp³-hybridized carbons (Fsp3) is 0.303. The van der Waals surface area contributed by atoms with Crippen molar-refractivity contribution in [3.05, 3.63) is 191 Å². The Bertz CT molecular complexity index is 2850. The third-order valence-electron chi connectivity index (χ3n) is 11.7. The molecular formula is C66H78O12. The van der Waals surface area contributed by atoms with Crippen molar-refractivity contribution in [2.45, 2.75) is 93.9 Å². The van der Waals surface area contributed by atoms with Crippen molar-refractivity contribution in [2.24, 2.45) is 0 Å². The molecule has 0 atom stereocenters. The Kier molecular flexibility index (Phi) is 30.8. The number of ketones is 6. The van der Waals surface area contributed by atoms with Crippen LogP contribution in [-0.4, -0.2) is 76.9 Å². The van der Waals surface area contributed by atoms with Gasteiger partial charge in [-0.05, 0) is 156 Å². The summed E-state index contributed by atoms with van der Waals surface area (Å²) in [7, 11) is 8.11. The SMILES string of the molecule is CC(=O)c1ccc(C(C)=O)cc1.CC(=O)c1ccc2cc(C(C)=O)ccc2c1.CCCCCCCCOc1ccc(C(C)=O)cc1.COc1ccc(C(C)=O)cc1.COc1ccc(C)cc1OC.COc1ccccc1OC. The van der Waals surface area contributed by atoms with Crippen molar-refractivity contribution in [2.75, 3.05) is 42.2 Å². The zero-order valence-corrected chi connectivity index (χ0v) is 47.8. The second kappa shape index (κ2) is 36.6. The molecule has 0 radical (unpaired) electrons. The van der Waals surface area contributed by atoms with Crippen LogP contribution in [0.3, 0.4) is 0 Å². The lowest BCUT2D eigenvalue weighted by Gasteiger charge is -2.06. The number of Topliss-reactive ketones (excluding diaryl/α,β-unsaturated/α-hetero) is 6. The van der Waals surface area contributed by atoms with Gasteiger partial charge in [-0.2, -0.15) is 0 Å². The number of rotatable bonds is 19. The molecule has 0 N–H and O–H groups in total. The van der Waals surface area contributed by atoms with Gasteiger partial charge in [0.2, 0.25) is 0 Å². The van der Waals surface area contributed by atoms with Crippen LogP contribution in [0, 0.1) is 6.92 Å². The fourth-order valence-corrected chi connectivity index (χ4v) is 7.04. The maximum atomic E-state index is 11.2. The molecule has 0 aromatic heterocycles. The van der Waals surface area contributed by atoms with E-state index in [4.69, 9.17) is 28.4 Å². The van der Waals surface area contributed by atoms with Crippen LogP contribution < -0.4 is 28.4 Å². The number of ether oxygens (including phenoxy) is 6. The number of para-hydroxylation sites is 2. The monoisotopic (exact) mass is 1060 g/mol. The van der Waals surface area contributed by atoms with Gasteiger partial charge in [-0.3, -0.25) is 28.8 Å². The molecule has 0 amide bonds. The van der Waals surface area contributed by atoms with Gasteiger partial charge in [0.1, 0.15) is 11.5 Å². The molecule has 0 saturated carbocycles. The predicted molar refractivity (Wildman–Crippen MR) is 313 cm³/mol. The van der Waals surface area contributed by atoms with E-state index in [9.17, 15) is 28.8 Å². The average molecular weight is 1060 g/mol. The maximum absolute atomic E-state index is 11.2. The molecule has 0 bridgehead atoms. The zero-order valence-electron chi connectivity index (χ0n) is 47.8. The van der Waals surface area contributed by atoms with Gasteiger partial charge in [-0.1, -0.05) is 106 Å². The summed E-state index contributed by atoms with van der Waals surface area (Å²) in [6, 6.07) is 45.5. The smallest absolute Gasteiger partial charge is 0.160 e. The summed E-state index contributed by atoms with van der Waals surface area (Å²) in [6.07, 6.45) is 7.63. The van der Waals surface area contributed by atoms with Gasteiger partial charge in [0.25, 0.3) is 0 Å². The molecule has 12 heteroatoms. The lowest BCUT2D eigenvalue weighted by Crippen LogP contribution is -1.98. The van der Waals surface area contributed by atoms with E-state index in [0.29, 0.717) is 27.8 Å². The second-order valence-electron chi connectivity index (χ2n) is 17.8. The Labute approximate surface area is 462 Å². The molecule has 0 aliphatic carbocycles. The summed E-state index contributed by atoms with van der Waals surface area (Å²) < 4.78 is 30.8. The van der Waals surface area contributed by atoms with Crippen molar-refractivity contribution < 1.29 is 57.2 Å². The molecule has 0 unspecified atom stereocenters. The number of aryl methyl sites for hydroxylation is 1. The van der Waals surface area contributed by atoms with Crippen molar-refractivity contribution in [1.29, 1.82) is 0 Å². The molecule has 12 nitrogen and oxygen atoms in total. The van der Waals surface area contributed by atoms with E-state index in [1.165, 1.54) is 51.5 Å². The first-order chi connectivity index (χ1) is 37.3. The number of hydrogen-bond donors (Lipinski definition) is 0. The highest BCUT2D eigenvalue weighted by molar-refractivity contribution is 6.02. The molecule has 78 heavy (non-hydrogen) atoms. The lowest BCUT2D eigenvalue weighted by atomic mass is 10.0. The van der Waals surface area contributed by atoms with Crippen molar-refractivity contribution >= 4 is 45.5 Å². The summed E-state index contributed by atoms with van der Waals surface area (Å²) >= 11 is 0. The van der Waals surface area contributed by atoms with E-state index in [1.54, 1.807) is 124 Å². The van der Waals surface area contributed by atoms with Crippen molar-refractivity contribution in [1.82, 2.24) is 0 Å². The van der Waals surface area contributed by atoms with Crippen molar-refractivity contribution in [3.63, 3.8) is 0 Å². The van der Waals surface area contributed by atoms with Gasteiger partial charge < -0.3 is 28.4 Å². The molecule has 0 spiro atoms. The number of carbonyl (C=O) groups is 6. The third kappa shape index (κ3) is 24.5. The van der Waals surface area contributed by atoms with Gasteiger partial charge in [0.15, 0.2) is 57.7 Å². The largest absolute Gasteiger partial charge is 0.497 e. The van der Waals surface area contributed by atoms with Gasteiger partial charge in [-0.25, -0.2) is 0 Å². The van der Waals surface area contributed by atoms with Crippen LogP contribution in [0.15, 0.2) is 152 Å². The highest BCUT2D eigenvalue weighted by Gasteiger charge is 2.06. The van der Waals surface area contributed by atoms with E-state index >= 15 is 0 Å². The molecule has 7 aromatic carbocycles. The molecule has 0 saturated heterocycles. The van der Waals surface area contributed by atoms with Crippen LogP contribution in [0.1, 0.15) is 155 Å². The van der Waals surface area contributed by atoms with E-state index < -0.39 is 0 Å². The number of unbranched alkanes of at least 4 members (excludes halogenated alkanes) is 5. The molecule has 7 aromatic rings. The second-order valence-corrected chi connectivity index (χ2v) is 17.8. The van der Waals surface area contributed by atoms with Crippen LogP contribution in [-0.2, 0) is 0 Å². The molecule has 0 aliphatic heterocycles. The standard InChI is InChI=1S/C16H24O2.C14H12O2.C10H10O2.C9H12O2.C9H10O2.C8H10O2/c1-3-4-5-6-7-8-13-18-16-11-9-15(10-12-16)14(2)17;1-9(15)11-3-5-14-8-12(10(2)16)4-6-13(14)7-11;1-7(11)9-3-5-10(6-4-9)8(2)12;1-7-4-5-8(10-2)9(6-7)11-3;1-7(10)8-3-5-9(11-2)6-4-8;1-9-7-5-3-4-6-8(7)10-2/h9-12H,3-8,13H2,1-2H3;3-8H,1-2H3;3-6H,1-2H3;4-6H,1-3H3;3-6H,1-2H3;3-6H,1-2H3. The quantitative estimate of drug-likeness (QED) is 0.0558. The predicted octanol–water partition coefficient (Wildman–Crippen LogP) is 15.6. The normalized spacial score (nSPS) is 9.76. The average Bonchev–Trinajstić information content (AvgIpc) is 3.45. The number of methoxy groups -OCH3 is 5. The number of benzene rings is 7. The number of fused-ring (bicyclic) bond motifs is 1. The van der Waals surface area contributed by atoms with Gasteiger partial charge in [0, 0.05) is 33.4 Å². The fourth-order valence-electron chi connectivity index (χ4n) is 7.04. The minimum Gasteiger partial charge on any atom is -0.497 e. The molecule has 0 fully saturated rings. The minimum absolute atomic E-state index is 0.0186. The minimum atomic E-state index is 0.0186. The van der Waals surface area contributed by atoms with Crippen molar-refractivity contribution in [3.8, 4) is 34.5 Å². The van der Waals surface area contributed by atoms with Crippen LogP contribution in [0.25, 0.3) is 10.8 Å². The number of hydrogen-bond acceptors (Lipinski definition) is 12. The summed E-state index contributed by atoms with van der Waals surface area (Å²) in [4.78, 5) is 66.0. The first kappa shape index (κ1) is 65.7. The Morgan fingerprint density at radius 3 is 1.03 bits per heavy atom. The Balaban J connectivity index is 0.000000324. The van der Waals surface area contributed by atoms with E-state index in [1.807, 2.05) is 97.9 Å². The lowest BCUT2D eigenvalue weighted by molar-refractivity contribution is 0.100. The van der Waals surface area contributed by atoms with Gasteiger partial charge in [-0.15, -0.1) is 0 Å². The zero-order chi connectivity index (χ0) is 58.0. The first-order valence-corrected chi connectivity index (χ1v) is 25.7. The third-order valence-corrected chi connectivity index (χ3v) is 11.7. The molecule has 7 rings (SSSR count). The highest BCUT2D eigenvalue weighted by Crippen LogP contribution is 2.27. The molecule has 414 valence electrons. The van der Waals surface area contributed by atoms with Gasteiger partial charge in [0.05, 0.1) is 42.2 Å². The Morgan fingerprint density at radius 2 is 0.667 bits per heavy atom. The summed E-state index contributed by atoms with van der Waals surface area (Å²) in [5.74, 6) is 5.04. The molecule has 0 heterocycles. The van der Waals surface area contributed by atoms with Crippen LogP contribution in [0.2, 0.25) is 0 Å². The Morgan fingerprint density at radius 1 is 0.333 bits per heavy atom. The van der Waals surface area contributed by atoms with Crippen LogP contribution >= 0.6 is 0 Å². The van der Waals surface area contributed by atoms with E-state index in [-0.39, 0.29) is 34.7 Å². The van der Waals surface area contributed by atoms with Crippen LogP contribution in [0.5, 0.6) is 34.5 Å². The Hall–Kier alpha value is -8.38. The summed E-state index contributed by atoms with van der Waals surface area (Å²) in [6.45, 7) is 14.2. The van der Waals surface area contributed by atoms with E-state index in [0.717, 1.165) is 63.9 Å². The molecular weight excluding hydrogens is 985 g/mol. The maximum Gasteiger partial charge on any atom is 0.160 e. The first-order valence-electron chi connectivity index (χ1n) is 25.7. The van der Waals surface area contributed by atoms with Gasteiger partial charge >= 0.3 is 0 Å². The molecule has 0 aliphatic rings. The highest BCUT2D eigenvalue weighted by atomic mass is 16.5.